The fourth-order valence-electron chi connectivity index (χ4n) is 2.36. The largest absolute Gasteiger partial charge is 0.426 e. The molecule has 0 spiro atoms. The van der Waals surface area contributed by atoms with E-state index < -0.39 is 5.41 Å². The number of rotatable bonds is 10. The van der Waals surface area contributed by atoms with E-state index >= 15 is 0 Å². The minimum atomic E-state index is -0.404. The molecule has 2 nitrogen and oxygen atoms in total. The molecule has 0 aliphatic heterocycles. The van der Waals surface area contributed by atoms with Crippen LogP contribution in [0, 0.1) is 5.41 Å². The minimum Gasteiger partial charge on any atom is -0.426 e. The van der Waals surface area contributed by atoms with Gasteiger partial charge in [0.2, 0.25) is 0 Å². The first-order valence-corrected chi connectivity index (χ1v) is 8.33. The average molecular weight is 290 g/mol. The maximum Gasteiger partial charge on any atom is 0.316 e. The Balaban J connectivity index is 2.24. The normalized spacial score (nSPS) is 11.4. The Morgan fingerprint density at radius 2 is 1.52 bits per heavy atom. The van der Waals surface area contributed by atoms with Crippen molar-refractivity contribution >= 4 is 5.97 Å². The number of carbonyl (C=O) groups is 1. The summed E-state index contributed by atoms with van der Waals surface area (Å²) in [6.45, 7) is 6.20. The highest BCUT2D eigenvalue weighted by Gasteiger charge is 2.29. The van der Waals surface area contributed by atoms with Crippen LogP contribution >= 0.6 is 0 Å². The van der Waals surface area contributed by atoms with Crippen LogP contribution in [-0.2, 0) is 4.79 Å². The van der Waals surface area contributed by atoms with E-state index in [4.69, 9.17) is 4.74 Å². The van der Waals surface area contributed by atoms with Crippen molar-refractivity contribution in [1.29, 1.82) is 0 Å². The first kappa shape index (κ1) is 17.7. The van der Waals surface area contributed by atoms with Crippen molar-refractivity contribution in [2.24, 2.45) is 5.41 Å². The van der Waals surface area contributed by atoms with E-state index in [1.54, 1.807) is 0 Å². The lowest BCUT2D eigenvalue weighted by Crippen LogP contribution is -2.29. The first-order valence-electron chi connectivity index (χ1n) is 8.33. The summed E-state index contributed by atoms with van der Waals surface area (Å²) < 4.78 is 5.45. The van der Waals surface area contributed by atoms with Crippen LogP contribution in [-0.4, -0.2) is 5.97 Å². The summed E-state index contributed by atoms with van der Waals surface area (Å²) in [5, 5.41) is 0. The molecule has 0 bridgehead atoms. The van der Waals surface area contributed by atoms with Crippen LogP contribution in [0.3, 0.4) is 0 Å². The number of hydrogen-bond donors (Lipinski definition) is 0. The predicted molar refractivity (Wildman–Crippen MR) is 88.5 cm³/mol. The molecule has 21 heavy (non-hydrogen) atoms. The number of carbonyl (C=O) groups excluding carboxylic acids is 1. The van der Waals surface area contributed by atoms with Crippen molar-refractivity contribution in [3.63, 3.8) is 0 Å². The van der Waals surface area contributed by atoms with Crippen LogP contribution in [0.2, 0.25) is 0 Å². The molecule has 0 aliphatic carbocycles. The molecule has 0 fully saturated rings. The van der Waals surface area contributed by atoms with Crippen molar-refractivity contribution in [2.75, 3.05) is 0 Å². The van der Waals surface area contributed by atoms with E-state index in [0.717, 1.165) is 12.8 Å². The third-order valence-corrected chi connectivity index (χ3v) is 3.91. The Kier molecular flexibility index (Phi) is 8.11. The third kappa shape index (κ3) is 7.31. The zero-order chi connectivity index (χ0) is 15.6. The van der Waals surface area contributed by atoms with E-state index in [2.05, 4.69) is 6.92 Å². The number of esters is 1. The van der Waals surface area contributed by atoms with Gasteiger partial charge in [0.1, 0.15) is 5.75 Å². The molecule has 0 N–H and O–H groups in total. The van der Waals surface area contributed by atoms with Gasteiger partial charge in [0.05, 0.1) is 5.41 Å². The van der Waals surface area contributed by atoms with Gasteiger partial charge in [-0.1, -0.05) is 70.1 Å². The summed E-state index contributed by atoms with van der Waals surface area (Å²) in [6.07, 6.45) is 9.79. The second-order valence-electron chi connectivity index (χ2n) is 6.46. The van der Waals surface area contributed by atoms with Gasteiger partial charge in [0.25, 0.3) is 0 Å². The zero-order valence-electron chi connectivity index (χ0n) is 13.9. The number of unbranched alkanes of at least 4 members (excludes halogenated alkanes) is 6. The van der Waals surface area contributed by atoms with Crippen LogP contribution < -0.4 is 4.74 Å². The molecule has 1 aromatic carbocycles. The predicted octanol–water partition coefficient (Wildman–Crippen LogP) is 5.76. The summed E-state index contributed by atoms with van der Waals surface area (Å²) in [5.41, 5.74) is -0.404. The lowest BCUT2D eigenvalue weighted by Gasteiger charge is -2.22. The first-order chi connectivity index (χ1) is 10.1. The van der Waals surface area contributed by atoms with Crippen LogP contribution in [0.25, 0.3) is 0 Å². The third-order valence-electron chi connectivity index (χ3n) is 3.91. The van der Waals surface area contributed by atoms with Crippen molar-refractivity contribution in [3.8, 4) is 5.75 Å². The van der Waals surface area contributed by atoms with Gasteiger partial charge in [-0.3, -0.25) is 4.79 Å². The number of para-hydroxylation sites is 1. The molecule has 118 valence electrons. The minimum absolute atomic E-state index is 0.125. The van der Waals surface area contributed by atoms with Gasteiger partial charge in [-0.15, -0.1) is 0 Å². The molecular weight excluding hydrogens is 260 g/mol. The Bertz CT molecular complexity index is 395. The summed E-state index contributed by atoms with van der Waals surface area (Å²) >= 11 is 0. The molecule has 1 rings (SSSR count). The van der Waals surface area contributed by atoms with E-state index in [1.807, 2.05) is 44.2 Å². The lowest BCUT2D eigenvalue weighted by molar-refractivity contribution is -0.144. The molecule has 0 radical (unpaired) electrons. The topological polar surface area (TPSA) is 26.3 Å². The van der Waals surface area contributed by atoms with Crippen LogP contribution in [0.15, 0.2) is 30.3 Å². The van der Waals surface area contributed by atoms with Crippen LogP contribution in [0.4, 0.5) is 0 Å². The van der Waals surface area contributed by atoms with Crippen molar-refractivity contribution in [1.82, 2.24) is 0 Å². The Morgan fingerprint density at radius 3 is 2.14 bits per heavy atom. The quantitative estimate of drug-likeness (QED) is 0.311. The van der Waals surface area contributed by atoms with Gasteiger partial charge in [-0.05, 0) is 32.4 Å². The summed E-state index contributed by atoms with van der Waals surface area (Å²) in [4.78, 5) is 12.2. The fourth-order valence-corrected chi connectivity index (χ4v) is 2.36. The van der Waals surface area contributed by atoms with Crippen molar-refractivity contribution < 1.29 is 9.53 Å². The monoisotopic (exact) mass is 290 g/mol. The summed E-state index contributed by atoms with van der Waals surface area (Å²) in [5.74, 6) is 0.509. The zero-order valence-corrected chi connectivity index (χ0v) is 13.9. The maximum absolute atomic E-state index is 12.2. The molecule has 1 aromatic rings. The maximum atomic E-state index is 12.2. The molecule has 0 atom stereocenters. The molecular formula is C19H30O2. The van der Waals surface area contributed by atoms with Gasteiger partial charge < -0.3 is 4.74 Å². The molecule has 0 saturated carbocycles. The number of hydrogen-bond acceptors (Lipinski definition) is 2. The van der Waals surface area contributed by atoms with E-state index in [0.29, 0.717) is 5.75 Å². The smallest absolute Gasteiger partial charge is 0.316 e. The number of benzene rings is 1. The summed E-state index contributed by atoms with van der Waals surface area (Å²) in [6, 6.07) is 9.32. The summed E-state index contributed by atoms with van der Waals surface area (Å²) in [7, 11) is 0. The Labute approximate surface area is 129 Å². The van der Waals surface area contributed by atoms with Gasteiger partial charge >= 0.3 is 5.97 Å². The van der Waals surface area contributed by atoms with Crippen molar-refractivity contribution in [3.05, 3.63) is 30.3 Å². The van der Waals surface area contributed by atoms with E-state index in [9.17, 15) is 4.79 Å². The molecule has 0 aromatic heterocycles. The Hall–Kier alpha value is -1.31. The second kappa shape index (κ2) is 9.59. The van der Waals surface area contributed by atoms with Crippen LogP contribution in [0.5, 0.6) is 5.75 Å². The Morgan fingerprint density at radius 1 is 0.952 bits per heavy atom. The number of ether oxygens (including phenoxy) is 1. The average Bonchev–Trinajstić information content (AvgIpc) is 2.47. The van der Waals surface area contributed by atoms with Crippen LogP contribution in [0.1, 0.15) is 72.1 Å². The molecule has 0 saturated heterocycles. The van der Waals surface area contributed by atoms with E-state index in [1.165, 1.54) is 38.5 Å². The highest BCUT2D eigenvalue weighted by Crippen LogP contribution is 2.27. The SMILES string of the molecule is CCCCCCCCCC(C)(C)C(=O)Oc1ccccc1. The highest BCUT2D eigenvalue weighted by atomic mass is 16.5. The fraction of sp³-hybridized carbons (Fsp3) is 0.632. The molecule has 2 heteroatoms. The van der Waals surface area contributed by atoms with Gasteiger partial charge in [0, 0.05) is 0 Å². The molecule has 0 aliphatic rings. The van der Waals surface area contributed by atoms with Crippen molar-refractivity contribution in [2.45, 2.75) is 72.1 Å². The van der Waals surface area contributed by atoms with Gasteiger partial charge in [-0.2, -0.15) is 0 Å². The molecule has 0 amide bonds. The molecule has 0 heterocycles. The second-order valence-corrected chi connectivity index (χ2v) is 6.46. The standard InChI is InChI=1S/C19H30O2/c1-4-5-6-7-8-9-13-16-19(2,3)18(20)21-17-14-11-10-12-15-17/h10-12,14-15H,4-9,13,16H2,1-3H3. The van der Waals surface area contributed by atoms with Gasteiger partial charge in [0.15, 0.2) is 0 Å². The molecule has 0 unspecified atom stereocenters. The highest BCUT2D eigenvalue weighted by molar-refractivity contribution is 5.78. The lowest BCUT2D eigenvalue weighted by atomic mass is 9.87. The van der Waals surface area contributed by atoms with Gasteiger partial charge in [-0.25, -0.2) is 0 Å². The van der Waals surface area contributed by atoms with E-state index in [-0.39, 0.29) is 5.97 Å².